The molecule has 0 spiro atoms. The Morgan fingerprint density at radius 2 is 1.54 bits per heavy atom. The first-order valence-electron chi connectivity index (χ1n) is 9.47. The van der Waals surface area contributed by atoms with Gasteiger partial charge in [0, 0.05) is 11.1 Å². The molecule has 2 aliphatic rings. The molecule has 1 fully saturated rings. The molecule has 28 heavy (non-hydrogen) atoms. The summed E-state index contributed by atoms with van der Waals surface area (Å²) in [6.45, 7) is 8.48. The first-order chi connectivity index (χ1) is 13.3. The molecule has 0 amide bonds. The van der Waals surface area contributed by atoms with Crippen LogP contribution in [0.4, 0.5) is 0 Å². The van der Waals surface area contributed by atoms with E-state index in [1.54, 1.807) is 0 Å². The number of nitrogens with zero attached hydrogens (tertiary/aromatic N) is 1. The average Bonchev–Trinajstić information content (AvgIpc) is 3.11. The number of carbonyl (C=O) groups is 1. The Morgan fingerprint density at radius 3 is 2.11 bits per heavy atom. The summed E-state index contributed by atoms with van der Waals surface area (Å²) < 4.78 is 5.23. The predicted molar refractivity (Wildman–Crippen MR) is 108 cm³/mol. The summed E-state index contributed by atoms with van der Waals surface area (Å²) in [5.74, 6) is 0.110. The van der Waals surface area contributed by atoms with Crippen molar-refractivity contribution in [1.82, 2.24) is 10.4 Å². The molecule has 5 heteroatoms. The maximum atomic E-state index is 13.1. The fourth-order valence-corrected chi connectivity index (χ4v) is 4.12. The Morgan fingerprint density at radius 1 is 0.964 bits per heavy atom. The van der Waals surface area contributed by atoms with Crippen molar-refractivity contribution in [3.05, 3.63) is 77.4 Å². The molecule has 0 saturated carbocycles. The van der Waals surface area contributed by atoms with Crippen molar-refractivity contribution in [2.75, 3.05) is 7.11 Å². The maximum absolute atomic E-state index is 13.1. The smallest absolute Gasteiger partial charge is 0.341 e. The molecule has 1 atom stereocenters. The van der Waals surface area contributed by atoms with Crippen molar-refractivity contribution in [2.24, 2.45) is 0 Å². The Kier molecular flexibility index (Phi) is 4.14. The molecular formula is C23H26N2O3. The summed E-state index contributed by atoms with van der Waals surface area (Å²) in [7, 11) is 1.41. The molecule has 0 bridgehead atoms. The summed E-state index contributed by atoms with van der Waals surface area (Å²) in [5.41, 5.74) is 0.518. The number of carbonyl (C=O) groups excluding carboxylic acids is 1. The van der Waals surface area contributed by atoms with Crippen LogP contribution < -0.4 is 5.32 Å². The van der Waals surface area contributed by atoms with Crippen molar-refractivity contribution in [2.45, 2.75) is 44.4 Å². The molecule has 4 rings (SSSR count). The minimum Gasteiger partial charge on any atom is -0.465 e. The number of fused-ring (bicyclic) bond motifs is 1. The number of benzene rings is 2. The van der Waals surface area contributed by atoms with Gasteiger partial charge in [0.15, 0.2) is 11.4 Å². The van der Waals surface area contributed by atoms with Crippen molar-refractivity contribution in [3.8, 4) is 0 Å². The molecule has 1 unspecified atom stereocenters. The van der Waals surface area contributed by atoms with Gasteiger partial charge in [-0.3, -0.25) is 5.32 Å². The highest BCUT2D eigenvalue weighted by atomic mass is 16.7. The minimum absolute atomic E-state index is 0.343. The molecule has 1 saturated heterocycles. The fraction of sp³-hybridized carbons (Fsp3) is 0.348. The third-order valence-electron chi connectivity index (χ3n) is 6.22. The summed E-state index contributed by atoms with van der Waals surface area (Å²) >= 11 is 0. The van der Waals surface area contributed by atoms with Crippen molar-refractivity contribution >= 4 is 11.7 Å². The first-order valence-corrected chi connectivity index (χ1v) is 9.47. The van der Waals surface area contributed by atoms with E-state index in [0.29, 0.717) is 11.3 Å². The van der Waals surface area contributed by atoms with Crippen LogP contribution in [0.15, 0.2) is 66.2 Å². The second-order valence-electron chi connectivity index (χ2n) is 8.33. The molecule has 0 aromatic heterocycles. The van der Waals surface area contributed by atoms with Gasteiger partial charge in [0.1, 0.15) is 5.57 Å². The largest absolute Gasteiger partial charge is 0.465 e. The quantitative estimate of drug-likeness (QED) is 0.823. The third kappa shape index (κ3) is 2.36. The summed E-state index contributed by atoms with van der Waals surface area (Å²) in [6.07, 6.45) is 0. The van der Waals surface area contributed by atoms with Gasteiger partial charge in [-0.2, -0.15) is 0 Å². The summed E-state index contributed by atoms with van der Waals surface area (Å²) in [4.78, 5) is 19.6. The number of rotatable bonds is 3. The average molecular weight is 378 g/mol. The molecule has 1 N–H and O–H groups in total. The monoisotopic (exact) mass is 378 g/mol. The number of nitrogens with one attached hydrogen (secondary N) is 1. The van der Waals surface area contributed by atoms with Crippen LogP contribution in [-0.2, 0) is 20.0 Å². The van der Waals surface area contributed by atoms with Crippen molar-refractivity contribution in [3.63, 3.8) is 0 Å². The Bertz CT molecular complexity index is 935. The topological polar surface area (TPSA) is 50.8 Å². The third-order valence-corrected chi connectivity index (χ3v) is 6.22. The second-order valence-corrected chi connectivity index (χ2v) is 8.33. The van der Waals surface area contributed by atoms with Crippen molar-refractivity contribution in [1.29, 1.82) is 0 Å². The Labute approximate surface area is 165 Å². The van der Waals surface area contributed by atoms with Crippen LogP contribution in [0.5, 0.6) is 0 Å². The SMILES string of the molecule is COC(=O)C1=C(c2ccccc2)ON2C1(c1ccccc1)NC(C)(C)C2(C)C. The van der Waals surface area contributed by atoms with E-state index in [1.165, 1.54) is 7.11 Å². The van der Waals surface area contributed by atoms with Crippen LogP contribution in [0.3, 0.4) is 0 Å². The van der Waals surface area contributed by atoms with Gasteiger partial charge in [-0.15, -0.1) is 5.06 Å². The Hall–Kier alpha value is -2.63. The standard InChI is InChI=1S/C23H26N2O3/c1-21(2)22(3,4)25-23(24-21,17-14-10-7-11-15-17)18(20(26)27-5)19(28-25)16-12-8-6-9-13-16/h6-15,24H,1-5H3. The highest BCUT2D eigenvalue weighted by Gasteiger charge is 2.69. The molecular weight excluding hydrogens is 352 g/mol. The lowest BCUT2D eigenvalue weighted by Crippen LogP contribution is -2.52. The number of hydroxylamine groups is 2. The molecule has 2 aromatic rings. The zero-order chi connectivity index (χ0) is 20.2. The Balaban J connectivity index is 2.05. The summed E-state index contributed by atoms with van der Waals surface area (Å²) in [5, 5.41) is 5.64. The highest BCUT2D eigenvalue weighted by molar-refractivity contribution is 6.00. The van der Waals surface area contributed by atoms with Gasteiger partial charge in [-0.25, -0.2) is 4.79 Å². The number of methoxy groups -OCH3 is 1. The van der Waals surface area contributed by atoms with E-state index in [2.05, 4.69) is 33.0 Å². The number of hydrogen-bond acceptors (Lipinski definition) is 5. The first kappa shape index (κ1) is 18.7. The van der Waals surface area contributed by atoms with E-state index in [9.17, 15) is 4.79 Å². The van der Waals surface area contributed by atoms with Crippen LogP contribution >= 0.6 is 0 Å². The lowest BCUT2D eigenvalue weighted by Gasteiger charge is -2.39. The summed E-state index contributed by atoms with van der Waals surface area (Å²) in [6, 6.07) is 19.6. The van der Waals surface area contributed by atoms with Gasteiger partial charge in [-0.05, 0) is 33.3 Å². The van der Waals surface area contributed by atoms with Crippen LogP contribution in [0.2, 0.25) is 0 Å². The molecule has 2 aliphatic heterocycles. The maximum Gasteiger partial charge on any atom is 0.341 e. The number of esters is 1. The van der Waals surface area contributed by atoms with E-state index >= 15 is 0 Å². The zero-order valence-corrected chi connectivity index (χ0v) is 16.9. The fourth-order valence-electron chi connectivity index (χ4n) is 4.12. The van der Waals surface area contributed by atoms with Crippen LogP contribution in [0, 0.1) is 0 Å². The molecule has 5 nitrogen and oxygen atoms in total. The predicted octanol–water partition coefficient (Wildman–Crippen LogP) is 3.83. The van der Waals surface area contributed by atoms with Crippen LogP contribution in [0.25, 0.3) is 5.76 Å². The molecule has 0 aliphatic carbocycles. The zero-order valence-electron chi connectivity index (χ0n) is 16.9. The van der Waals surface area contributed by atoms with Gasteiger partial charge in [-0.1, -0.05) is 60.7 Å². The molecule has 0 radical (unpaired) electrons. The van der Waals surface area contributed by atoms with Gasteiger partial charge in [0.05, 0.1) is 12.6 Å². The normalized spacial score (nSPS) is 25.3. The van der Waals surface area contributed by atoms with Gasteiger partial charge in [0.2, 0.25) is 0 Å². The van der Waals surface area contributed by atoms with Gasteiger partial charge in [0.25, 0.3) is 0 Å². The second kappa shape index (κ2) is 6.19. The number of ether oxygens (including phenoxy) is 1. The van der Waals surface area contributed by atoms with Gasteiger partial charge >= 0.3 is 5.97 Å². The van der Waals surface area contributed by atoms with Crippen LogP contribution in [-0.4, -0.2) is 29.2 Å². The van der Waals surface area contributed by atoms with Crippen molar-refractivity contribution < 1.29 is 14.4 Å². The number of hydrogen-bond donors (Lipinski definition) is 1. The lowest BCUT2D eigenvalue weighted by molar-refractivity contribution is -0.179. The molecule has 2 heterocycles. The van der Waals surface area contributed by atoms with Crippen LogP contribution in [0.1, 0.15) is 38.8 Å². The van der Waals surface area contributed by atoms with E-state index in [-0.39, 0.29) is 5.54 Å². The minimum atomic E-state index is -0.952. The highest BCUT2D eigenvalue weighted by Crippen LogP contribution is 2.56. The molecule has 2 aromatic carbocycles. The van der Waals surface area contributed by atoms with E-state index in [4.69, 9.17) is 9.57 Å². The van der Waals surface area contributed by atoms with Gasteiger partial charge < -0.3 is 9.57 Å². The van der Waals surface area contributed by atoms with E-state index in [0.717, 1.165) is 11.1 Å². The van der Waals surface area contributed by atoms with E-state index in [1.807, 2.05) is 65.7 Å². The van der Waals surface area contributed by atoms with E-state index < -0.39 is 17.2 Å². The molecule has 146 valence electrons. The lowest BCUT2D eigenvalue weighted by atomic mass is 9.84.